The Bertz CT molecular complexity index is 75.3. The van der Waals surface area contributed by atoms with E-state index in [9.17, 15) is 0 Å². The number of hydrogen-bond acceptors (Lipinski definition) is 2. The summed E-state index contributed by atoms with van der Waals surface area (Å²) < 4.78 is 0. The van der Waals surface area contributed by atoms with E-state index in [1.165, 1.54) is 33.0 Å². The minimum atomic E-state index is 0.788. The van der Waals surface area contributed by atoms with Crippen LogP contribution in [0.2, 0.25) is 0 Å². The van der Waals surface area contributed by atoms with Gasteiger partial charge in [0.1, 0.15) is 0 Å². The van der Waals surface area contributed by atoms with Crippen molar-refractivity contribution in [3.63, 3.8) is 0 Å². The smallest absolute Gasteiger partial charge is 0.00433 e. The zero-order valence-corrected chi connectivity index (χ0v) is 6.77. The second kappa shape index (κ2) is 6.78. The molecule has 0 radical (unpaired) electrons. The number of nitrogens with one attached hydrogen (secondary N) is 1. The van der Waals surface area contributed by atoms with Crippen molar-refractivity contribution >= 4 is 0 Å². The summed E-state index contributed by atoms with van der Waals surface area (Å²) in [6, 6.07) is 0. The van der Waals surface area contributed by atoms with E-state index in [4.69, 9.17) is 0 Å². The zero-order valence-electron chi connectivity index (χ0n) is 6.77. The summed E-state index contributed by atoms with van der Waals surface area (Å²) in [7, 11) is 1.50. The molecule has 0 aromatic heterocycles. The maximum Gasteiger partial charge on any atom is -0.00433 e. The van der Waals surface area contributed by atoms with E-state index in [0.717, 1.165) is 5.92 Å². The van der Waals surface area contributed by atoms with Gasteiger partial charge in [-0.1, -0.05) is 6.08 Å². The van der Waals surface area contributed by atoms with Crippen LogP contribution in [0.5, 0.6) is 0 Å². The Morgan fingerprint density at radius 1 is 1.40 bits per heavy atom. The first-order valence-corrected chi connectivity index (χ1v) is 3.84. The first-order chi connectivity index (χ1) is 4.93. The van der Waals surface area contributed by atoms with Crippen molar-refractivity contribution in [1.29, 1.82) is 0 Å². The van der Waals surface area contributed by atoms with Gasteiger partial charge in [0, 0.05) is 0 Å². The van der Waals surface area contributed by atoms with Gasteiger partial charge in [-0.3, -0.25) is 0 Å². The average molecular weight is 142 g/mol. The standard InChI is InChI=1S/C7H13N.CH5N/c1-2-7-3-5-8-6-4-7;1-2/h2,7-8H,1,3-6H2;2H2,1H3. The van der Waals surface area contributed by atoms with Gasteiger partial charge in [-0.05, 0) is 38.9 Å². The van der Waals surface area contributed by atoms with Crippen LogP contribution < -0.4 is 11.1 Å². The molecule has 1 heterocycles. The van der Waals surface area contributed by atoms with Crippen LogP contribution in [0.25, 0.3) is 0 Å². The summed E-state index contributed by atoms with van der Waals surface area (Å²) in [5.41, 5.74) is 4.50. The molecule has 0 aromatic rings. The van der Waals surface area contributed by atoms with Gasteiger partial charge in [0.15, 0.2) is 0 Å². The maximum atomic E-state index is 4.50. The highest BCUT2D eigenvalue weighted by molar-refractivity contribution is 4.82. The molecule has 1 aliphatic heterocycles. The molecule has 2 heteroatoms. The fourth-order valence-corrected chi connectivity index (χ4v) is 1.08. The Hall–Kier alpha value is -0.340. The summed E-state index contributed by atoms with van der Waals surface area (Å²) in [4.78, 5) is 0. The molecule has 0 spiro atoms. The molecule has 1 rings (SSSR count). The fourth-order valence-electron chi connectivity index (χ4n) is 1.08. The third-order valence-electron chi connectivity index (χ3n) is 1.72. The Morgan fingerprint density at radius 2 is 1.90 bits per heavy atom. The van der Waals surface area contributed by atoms with Crippen molar-refractivity contribution in [2.45, 2.75) is 12.8 Å². The average Bonchev–Trinajstić information content (AvgIpc) is 2.10. The topological polar surface area (TPSA) is 38.0 Å². The minimum Gasteiger partial charge on any atom is -0.333 e. The fraction of sp³-hybridized carbons (Fsp3) is 0.750. The molecule has 1 aliphatic rings. The van der Waals surface area contributed by atoms with Crippen LogP contribution in [0.15, 0.2) is 12.7 Å². The quantitative estimate of drug-likeness (QED) is 0.530. The van der Waals surface area contributed by atoms with Crippen LogP contribution >= 0.6 is 0 Å². The molecule has 0 atom stereocenters. The van der Waals surface area contributed by atoms with Crippen LogP contribution in [-0.2, 0) is 0 Å². The molecule has 0 amide bonds. The van der Waals surface area contributed by atoms with Crippen LogP contribution in [0.4, 0.5) is 0 Å². The third kappa shape index (κ3) is 3.64. The summed E-state index contributed by atoms with van der Waals surface area (Å²) in [6.07, 6.45) is 4.63. The predicted molar refractivity (Wildman–Crippen MR) is 45.9 cm³/mol. The minimum absolute atomic E-state index is 0.788. The SMILES string of the molecule is C=CC1CCNCC1.CN. The molecular weight excluding hydrogens is 124 g/mol. The van der Waals surface area contributed by atoms with E-state index < -0.39 is 0 Å². The number of allylic oxidation sites excluding steroid dienone is 1. The van der Waals surface area contributed by atoms with Crippen LogP contribution in [-0.4, -0.2) is 20.1 Å². The Balaban J connectivity index is 0.000000371. The van der Waals surface area contributed by atoms with Crippen molar-refractivity contribution in [1.82, 2.24) is 5.32 Å². The highest BCUT2D eigenvalue weighted by atomic mass is 14.9. The molecule has 0 aliphatic carbocycles. The summed E-state index contributed by atoms with van der Waals surface area (Å²) >= 11 is 0. The van der Waals surface area contributed by atoms with Crippen molar-refractivity contribution < 1.29 is 0 Å². The molecule has 0 saturated carbocycles. The largest absolute Gasteiger partial charge is 0.333 e. The molecular formula is C8H18N2. The number of hydrogen-bond donors (Lipinski definition) is 2. The number of nitrogens with two attached hydrogens (primary N) is 1. The second-order valence-corrected chi connectivity index (χ2v) is 2.32. The molecule has 0 unspecified atom stereocenters. The summed E-state index contributed by atoms with van der Waals surface area (Å²) in [5, 5.41) is 3.30. The highest BCUT2D eigenvalue weighted by Crippen LogP contribution is 2.10. The molecule has 10 heavy (non-hydrogen) atoms. The van der Waals surface area contributed by atoms with Gasteiger partial charge in [0.2, 0.25) is 0 Å². The van der Waals surface area contributed by atoms with E-state index >= 15 is 0 Å². The first-order valence-electron chi connectivity index (χ1n) is 3.84. The van der Waals surface area contributed by atoms with Crippen molar-refractivity contribution in [2.75, 3.05) is 20.1 Å². The second-order valence-electron chi connectivity index (χ2n) is 2.32. The lowest BCUT2D eigenvalue weighted by molar-refractivity contribution is 0.437. The van der Waals surface area contributed by atoms with Gasteiger partial charge in [0.05, 0.1) is 0 Å². The lowest BCUT2D eigenvalue weighted by atomic mass is 9.99. The molecule has 0 aromatic carbocycles. The Kier molecular flexibility index (Phi) is 6.55. The van der Waals surface area contributed by atoms with Gasteiger partial charge in [-0.2, -0.15) is 0 Å². The van der Waals surface area contributed by atoms with Crippen molar-refractivity contribution in [2.24, 2.45) is 11.7 Å². The monoisotopic (exact) mass is 142 g/mol. The van der Waals surface area contributed by atoms with Crippen molar-refractivity contribution in [3.05, 3.63) is 12.7 Å². The zero-order chi connectivity index (χ0) is 7.82. The molecule has 60 valence electrons. The Labute approximate surface area is 63.5 Å². The highest BCUT2D eigenvalue weighted by Gasteiger charge is 2.07. The molecule has 2 nitrogen and oxygen atoms in total. The molecule has 1 saturated heterocycles. The van der Waals surface area contributed by atoms with E-state index in [-0.39, 0.29) is 0 Å². The predicted octanol–water partition coefficient (Wildman–Crippen LogP) is 0.747. The normalized spacial score (nSPS) is 19.0. The van der Waals surface area contributed by atoms with Crippen LogP contribution in [0.1, 0.15) is 12.8 Å². The lowest BCUT2D eigenvalue weighted by Crippen LogP contribution is -2.26. The number of piperidine rings is 1. The third-order valence-corrected chi connectivity index (χ3v) is 1.72. The van der Waals surface area contributed by atoms with Gasteiger partial charge in [-0.15, -0.1) is 6.58 Å². The van der Waals surface area contributed by atoms with Gasteiger partial charge in [0.25, 0.3) is 0 Å². The van der Waals surface area contributed by atoms with Crippen LogP contribution in [0.3, 0.4) is 0 Å². The summed E-state index contributed by atoms with van der Waals surface area (Å²) in [6.45, 7) is 6.11. The van der Waals surface area contributed by atoms with Gasteiger partial charge in [-0.25, -0.2) is 0 Å². The lowest BCUT2D eigenvalue weighted by Gasteiger charge is -2.18. The Morgan fingerprint density at radius 3 is 2.20 bits per heavy atom. The molecule has 3 N–H and O–H groups in total. The van der Waals surface area contributed by atoms with Gasteiger partial charge < -0.3 is 11.1 Å². The molecule has 1 fully saturated rings. The van der Waals surface area contributed by atoms with E-state index in [1.807, 2.05) is 0 Å². The van der Waals surface area contributed by atoms with Gasteiger partial charge >= 0.3 is 0 Å². The van der Waals surface area contributed by atoms with E-state index in [1.54, 1.807) is 0 Å². The van der Waals surface area contributed by atoms with Crippen molar-refractivity contribution in [3.8, 4) is 0 Å². The van der Waals surface area contributed by atoms with E-state index in [0.29, 0.717) is 0 Å². The maximum absolute atomic E-state index is 4.50. The summed E-state index contributed by atoms with van der Waals surface area (Å²) in [5.74, 6) is 0.788. The molecule has 0 bridgehead atoms. The number of rotatable bonds is 1. The van der Waals surface area contributed by atoms with Crippen LogP contribution in [0, 0.1) is 5.92 Å². The first kappa shape index (κ1) is 9.66. The van der Waals surface area contributed by atoms with E-state index in [2.05, 4.69) is 23.7 Å².